The number of fused-ring (bicyclic) bond motifs is 2. The van der Waals surface area contributed by atoms with Gasteiger partial charge in [-0.15, -0.1) is 5.10 Å². The standard InChI is InChI=1S/C15H17N5OS/c21-15(17-12-8-9-4-5-10(12)7-9)22-14-18-13(19-20-14)11-3-1-2-6-16-11/h1-3,6,9-10,12H,4-5,7-8H2,(H,17,21)(H,18,19,20)/t9-,10-,12+/m0/s1. The minimum Gasteiger partial charge on any atom is -0.344 e. The van der Waals surface area contributed by atoms with E-state index >= 15 is 0 Å². The number of amides is 1. The molecule has 2 aliphatic carbocycles. The molecule has 2 aromatic heterocycles. The molecule has 6 nitrogen and oxygen atoms in total. The Bertz CT molecular complexity index is 674. The first-order valence-corrected chi connectivity index (χ1v) is 8.42. The van der Waals surface area contributed by atoms with Crippen molar-refractivity contribution in [2.45, 2.75) is 36.9 Å². The maximum absolute atomic E-state index is 12.1. The molecule has 2 heterocycles. The summed E-state index contributed by atoms with van der Waals surface area (Å²) in [5.41, 5.74) is 0.718. The number of hydrogen-bond donors (Lipinski definition) is 2. The Morgan fingerprint density at radius 2 is 2.27 bits per heavy atom. The van der Waals surface area contributed by atoms with Crippen molar-refractivity contribution in [1.82, 2.24) is 25.5 Å². The highest BCUT2D eigenvalue weighted by atomic mass is 32.2. The van der Waals surface area contributed by atoms with Gasteiger partial charge in [0.25, 0.3) is 5.24 Å². The maximum Gasteiger partial charge on any atom is 0.287 e. The normalized spacial score (nSPS) is 26.3. The molecular weight excluding hydrogens is 298 g/mol. The van der Waals surface area contributed by atoms with Crippen LogP contribution in [0.4, 0.5) is 4.79 Å². The molecule has 7 heteroatoms. The Kier molecular flexibility index (Phi) is 3.57. The average Bonchev–Trinajstić information content (AvgIpc) is 3.24. The highest BCUT2D eigenvalue weighted by Crippen LogP contribution is 2.44. The molecule has 0 unspecified atom stereocenters. The fourth-order valence-electron chi connectivity index (χ4n) is 3.59. The molecule has 2 bridgehead atoms. The van der Waals surface area contributed by atoms with Crippen LogP contribution < -0.4 is 5.32 Å². The first-order valence-electron chi connectivity index (χ1n) is 7.60. The van der Waals surface area contributed by atoms with Gasteiger partial charge in [-0.05, 0) is 43.2 Å². The van der Waals surface area contributed by atoms with Crippen molar-refractivity contribution in [2.75, 3.05) is 0 Å². The SMILES string of the molecule is O=C(N[C@@H]1C[C@H]2CC[C@H]1C2)Sc1n[nH]c(-c2ccccn2)n1. The Morgan fingerprint density at radius 3 is 3.00 bits per heavy atom. The van der Waals surface area contributed by atoms with Gasteiger partial charge in [0.15, 0.2) is 5.82 Å². The lowest BCUT2D eigenvalue weighted by molar-refractivity contribution is 0.251. The summed E-state index contributed by atoms with van der Waals surface area (Å²) >= 11 is 1.04. The predicted octanol–water partition coefficient (Wildman–Crippen LogP) is 2.86. The maximum atomic E-state index is 12.1. The van der Waals surface area contributed by atoms with E-state index in [-0.39, 0.29) is 5.24 Å². The summed E-state index contributed by atoms with van der Waals surface area (Å²) < 4.78 is 0. The van der Waals surface area contributed by atoms with E-state index in [1.807, 2.05) is 18.2 Å². The molecule has 3 atom stereocenters. The summed E-state index contributed by atoms with van der Waals surface area (Å²) in [6.07, 6.45) is 6.69. The van der Waals surface area contributed by atoms with Crippen LogP contribution >= 0.6 is 11.8 Å². The predicted molar refractivity (Wildman–Crippen MR) is 83.2 cm³/mol. The zero-order valence-corrected chi connectivity index (χ0v) is 12.8. The van der Waals surface area contributed by atoms with E-state index in [0.717, 1.165) is 29.8 Å². The van der Waals surface area contributed by atoms with Gasteiger partial charge in [-0.3, -0.25) is 14.9 Å². The van der Waals surface area contributed by atoms with Crippen molar-refractivity contribution in [3.8, 4) is 11.5 Å². The summed E-state index contributed by atoms with van der Waals surface area (Å²) in [7, 11) is 0. The minimum absolute atomic E-state index is 0.0656. The fourth-order valence-corrected chi connectivity index (χ4v) is 4.20. The van der Waals surface area contributed by atoms with E-state index in [1.165, 1.54) is 19.3 Å². The number of aromatic amines is 1. The molecule has 2 aromatic rings. The van der Waals surface area contributed by atoms with Gasteiger partial charge in [-0.2, -0.15) is 4.98 Å². The van der Waals surface area contributed by atoms with Gasteiger partial charge in [0.05, 0.1) is 0 Å². The van der Waals surface area contributed by atoms with Crippen LogP contribution in [0.2, 0.25) is 0 Å². The number of nitrogens with zero attached hydrogens (tertiary/aromatic N) is 3. The number of aromatic nitrogens is 4. The first-order chi connectivity index (χ1) is 10.8. The van der Waals surface area contributed by atoms with Crippen LogP contribution in [0, 0.1) is 11.8 Å². The molecule has 2 saturated carbocycles. The number of pyridine rings is 1. The van der Waals surface area contributed by atoms with Crippen molar-refractivity contribution in [1.29, 1.82) is 0 Å². The molecule has 2 aliphatic rings. The molecule has 0 radical (unpaired) electrons. The van der Waals surface area contributed by atoms with Crippen LogP contribution in [0.1, 0.15) is 25.7 Å². The molecule has 2 N–H and O–H groups in total. The molecular formula is C15H17N5OS. The number of hydrogen-bond acceptors (Lipinski definition) is 5. The monoisotopic (exact) mass is 315 g/mol. The third-order valence-electron chi connectivity index (χ3n) is 4.60. The van der Waals surface area contributed by atoms with Crippen LogP contribution in [0.25, 0.3) is 11.5 Å². The molecule has 0 aromatic carbocycles. The Hall–Kier alpha value is -1.89. The lowest BCUT2D eigenvalue weighted by atomic mass is 9.96. The van der Waals surface area contributed by atoms with E-state index in [2.05, 4.69) is 25.5 Å². The van der Waals surface area contributed by atoms with E-state index in [4.69, 9.17) is 0 Å². The Labute approximate surface area is 132 Å². The quantitative estimate of drug-likeness (QED) is 0.851. The summed E-state index contributed by atoms with van der Waals surface area (Å²) in [5.74, 6) is 2.07. The number of thioether (sulfide) groups is 1. The molecule has 0 aliphatic heterocycles. The molecule has 4 rings (SSSR count). The number of H-pyrrole nitrogens is 1. The van der Waals surface area contributed by atoms with Gasteiger partial charge in [0.1, 0.15) is 5.69 Å². The lowest BCUT2D eigenvalue weighted by Crippen LogP contribution is -2.36. The summed E-state index contributed by atoms with van der Waals surface area (Å²) in [5, 5.41) is 10.4. The van der Waals surface area contributed by atoms with Crippen molar-refractivity contribution < 1.29 is 4.79 Å². The van der Waals surface area contributed by atoms with Crippen molar-refractivity contribution in [3.05, 3.63) is 24.4 Å². The number of rotatable bonds is 3. The second-order valence-electron chi connectivity index (χ2n) is 6.00. The van der Waals surface area contributed by atoms with Crippen LogP contribution in [-0.4, -0.2) is 31.4 Å². The third kappa shape index (κ3) is 2.72. The van der Waals surface area contributed by atoms with Gasteiger partial charge < -0.3 is 5.32 Å². The minimum atomic E-state index is -0.0656. The summed E-state index contributed by atoms with van der Waals surface area (Å²) in [4.78, 5) is 20.7. The van der Waals surface area contributed by atoms with E-state index in [1.54, 1.807) is 6.20 Å². The smallest absolute Gasteiger partial charge is 0.287 e. The molecule has 2 fully saturated rings. The first kappa shape index (κ1) is 13.8. The molecule has 22 heavy (non-hydrogen) atoms. The Morgan fingerprint density at radius 1 is 1.32 bits per heavy atom. The Balaban J connectivity index is 1.37. The average molecular weight is 315 g/mol. The molecule has 0 spiro atoms. The number of nitrogens with one attached hydrogen (secondary N) is 2. The number of carbonyl (C=O) groups is 1. The fraction of sp³-hybridized carbons (Fsp3) is 0.467. The van der Waals surface area contributed by atoms with Gasteiger partial charge in [0, 0.05) is 24.0 Å². The van der Waals surface area contributed by atoms with E-state index in [9.17, 15) is 4.79 Å². The topological polar surface area (TPSA) is 83.6 Å². The molecule has 1 amide bonds. The van der Waals surface area contributed by atoms with E-state index in [0.29, 0.717) is 22.9 Å². The van der Waals surface area contributed by atoms with Gasteiger partial charge >= 0.3 is 0 Å². The summed E-state index contributed by atoms with van der Waals surface area (Å²) in [6.45, 7) is 0. The number of carbonyl (C=O) groups excluding carboxylic acids is 1. The van der Waals surface area contributed by atoms with E-state index < -0.39 is 0 Å². The highest BCUT2D eigenvalue weighted by Gasteiger charge is 2.40. The van der Waals surface area contributed by atoms with Crippen molar-refractivity contribution in [3.63, 3.8) is 0 Å². The largest absolute Gasteiger partial charge is 0.344 e. The third-order valence-corrected chi connectivity index (χ3v) is 5.27. The van der Waals surface area contributed by atoms with Gasteiger partial charge in [0.2, 0.25) is 5.16 Å². The second-order valence-corrected chi connectivity index (χ2v) is 6.94. The van der Waals surface area contributed by atoms with Crippen LogP contribution in [-0.2, 0) is 0 Å². The van der Waals surface area contributed by atoms with Crippen LogP contribution in [0.3, 0.4) is 0 Å². The van der Waals surface area contributed by atoms with Crippen LogP contribution in [0.5, 0.6) is 0 Å². The lowest BCUT2D eigenvalue weighted by Gasteiger charge is -2.22. The van der Waals surface area contributed by atoms with Crippen molar-refractivity contribution >= 4 is 17.0 Å². The van der Waals surface area contributed by atoms with Crippen molar-refractivity contribution in [2.24, 2.45) is 11.8 Å². The zero-order valence-electron chi connectivity index (χ0n) is 12.0. The highest BCUT2D eigenvalue weighted by molar-refractivity contribution is 8.13. The van der Waals surface area contributed by atoms with Crippen LogP contribution in [0.15, 0.2) is 29.6 Å². The zero-order chi connectivity index (χ0) is 14.9. The van der Waals surface area contributed by atoms with Gasteiger partial charge in [-0.1, -0.05) is 12.5 Å². The van der Waals surface area contributed by atoms with Gasteiger partial charge in [-0.25, -0.2) is 0 Å². The molecule has 114 valence electrons. The summed E-state index contributed by atoms with van der Waals surface area (Å²) in [6, 6.07) is 5.93. The second kappa shape index (κ2) is 5.72. The molecule has 0 saturated heterocycles.